The van der Waals surface area contributed by atoms with Crippen molar-refractivity contribution in [3.05, 3.63) is 59.3 Å². The quantitative estimate of drug-likeness (QED) is 0.598. The fourth-order valence-corrected chi connectivity index (χ4v) is 6.32. The number of likely N-dealkylation sites (N-methyl/N-ethyl adjacent to an activating group) is 1. The average Bonchev–Trinajstić information content (AvgIpc) is 3.45. The number of anilines is 1. The third-order valence-electron chi connectivity index (χ3n) is 8.66. The van der Waals surface area contributed by atoms with Crippen molar-refractivity contribution in [3.8, 4) is 0 Å². The van der Waals surface area contributed by atoms with Crippen molar-refractivity contribution in [2.45, 2.75) is 83.0 Å². The molecule has 1 aromatic carbocycles. The molecule has 5 rings (SSSR count). The van der Waals surface area contributed by atoms with Gasteiger partial charge in [0.1, 0.15) is 11.9 Å². The molecule has 3 aliphatic rings. The van der Waals surface area contributed by atoms with E-state index in [1.54, 1.807) is 7.05 Å². The topological polar surface area (TPSA) is 77.6 Å². The molecule has 3 atom stereocenters. The summed E-state index contributed by atoms with van der Waals surface area (Å²) in [6.45, 7) is 4.38. The highest BCUT2D eigenvalue weighted by molar-refractivity contribution is 5.90. The van der Waals surface area contributed by atoms with Crippen LogP contribution >= 0.6 is 0 Å². The molecule has 0 spiro atoms. The lowest BCUT2D eigenvalue weighted by molar-refractivity contribution is -0.139. The lowest BCUT2D eigenvalue weighted by atomic mass is 9.83. The SMILES string of the molecule is CNC(C)C(=O)N[C@H](C(=O)N1CCCC1c1ccnc(N2CCc3ccccc3C2)c1)C1CCCCC1. The van der Waals surface area contributed by atoms with E-state index in [1.807, 2.05) is 18.0 Å². The number of hydrogen-bond acceptors (Lipinski definition) is 5. The number of likely N-dealkylation sites (tertiary alicyclic amines) is 1. The van der Waals surface area contributed by atoms with Crippen molar-refractivity contribution in [1.82, 2.24) is 20.5 Å². The van der Waals surface area contributed by atoms with Gasteiger partial charge < -0.3 is 20.4 Å². The van der Waals surface area contributed by atoms with E-state index >= 15 is 0 Å². The van der Waals surface area contributed by atoms with E-state index in [0.29, 0.717) is 0 Å². The molecule has 37 heavy (non-hydrogen) atoms. The number of nitrogens with one attached hydrogen (secondary N) is 2. The van der Waals surface area contributed by atoms with Crippen LogP contribution in [0, 0.1) is 5.92 Å². The fourth-order valence-electron chi connectivity index (χ4n) is 6.32. The summed E-state index contributed by atoms with van der Waals surface area (Å²) in [6, 6.07) is 12.1. The Kier molecular flexibility index (Phi) is 8.08. The van der Waals surface area contributed by atoms with Gasteiger partial charge in [0.15, 0.2) is 0 Å². The standard InChI is InChI=1S/C30H41N5O2/c1-21(31-2)29(36)33-28(23-10-4-3-5-11-23)30(37)35-17-8-13-26(35)24-14-16-32-27(19-24)34-18-15-22-9-6-7-12-25(22)20-34/h6-7,9,12,14,16,19,21,23,26,28,31H,3-5,8,10-11,13,15,17-18,20H2,1-2H3,(H,33,36)/t21?,26?,28-/m0/s1. The Morgan fingerprint density at radius 3 is 2.57 bits per heavy atom. The number of nitrogens with zero attached hydrogens (tertiary/aromatic N) is 3. The van der Waals surface area contributed by atoms with Crippen LogP contribution in [0.1, 0.15) is 74.6 Å². The molecule has 2 aliphatic heterocycles. The lowest BCUT2D eigenvalue weighted by Gasteiger charge is -2.36. The first-order chi connectivity index (χ1) is 18.0. The first-order valence-electron chi connectivity index (χ1n) is 14.1. The zero-order valence-corrected chi connectivity index (χ0v) is 22.3. The van der Waals surface area contributed by atoms with Crippen molar-refractivity contribution in [1.29, 1.82) is 0 Å². The van der Waals surface area contributed by atoms with Crippen LogP contribution in [0.15, 0.2) is 42.6 Å². The predicted molar refractivity (Wildman–Crippen MR) is 146 cm³/mol. The molecule has 198 valence electrons. The van der Waals surface area contributed by atoms with Crippen molar-refractivity contribution >= 4 is 17.6 Å². The second-order valence-electron chi connectivity index (χ2n) is 11.0. The summed E-state index contributed by atoms with van der Waals surface area (Å²) in [7, 11) is 1.78. The van der Waals surface area contributed by atoms with Crippen LogP contribution in [-0.2, 0) is 22.6 Å². The minimum Gasteiger partial charge on any atom is -0.352 e. The maximum atomic E-state index is 14.1. The summed E-state index contributed by atoms with van der Waals surface area (Å²) < 4.78 is 0. The number of carbonyl (C=O) groups excluding carboxylic acids is 2. The minimum atomic E-state index is -0.455. The minimum absolute atomic E-state index is 0.0241. The number of carbonyl (C=O) groups is 2. The molecule has 1 saturated heterocycles. The van der Waals surface area contributed by atoms with Gasteiger partial charge in [-0.05, 0) is 80.8 Å². The average molecular weight is 504 g/mol. The Morgan fingerprint density at radius 2 is 1.78 bits per heavy atom. The predicted octanol–water partition coefficient (Wildman–Crippen LogP) is 3.98. The largest absolute Gasteiger partial charge is 0.352 e. The molecule has 2 fully saturated rings. The molecule has 2 N–H and O–H groups in total. The number of amides is 2. The number of fused-ring (bicyclic) bond motifs is 1. The van der Waals surface area contributed by atoms with Gasteiger partial charge in [-0.2, -0.15) is 0 Å². The molecule has 3 heterocycles. The van der Waals surface area contributed by atoms with Gasteiger partial charge in [0, 0.05) is 25.8 Å². The van der Waals surface area contributed by atoms with E-state index in [9.17, 15) is 9.59 Å². The Balaban J connectivity index is 1.35. The molecular formula is C30H41N5O2. The molecule has 2 amide bonds. The van der Waals surface area contributed by atoms with Crippen LogP contribution in [0.4, 0.5) is 5.82 Å². The van der Waals surface area contributed by atoms with Crippen molar-refractivity contribution in [2.24, 2.45) is 5.92 Å². The van der Waals surface area contributed by atoms with Crippen LogP contribution in [-0.4, -0.2) is 53.9 Å². The van der Waals surface area contributed by atoms with Gasteiger partial charge in [0.2, 0.25) is 11.8 Å². The number of benzene rings is 1. The Bertz CT molecular complexity index is 1100. The van der Waals surface area contributed by atoms with Gasteiger partial charge in [-0.25, -0.2) is 4.98 Å². The highest BCUT2D eigenvalue weighted by atomic mass is 16.2. The summed E-state index contributed by atoms with van der Waals surface area (Å²) in [5.74, 6) is 1.17. The number of rotatable bonds is 7. The van der Waals surface area contributed by atoms with E-state index in [2.05, 4.69) is 51.9 Å². The Labute approximate surface area is 221 Å². The van der Waals surface area contributed by atoms with Crippen LogP contribution in [0.3, 0.4) is 0 Å². The number of pyridine rings is 1. The second kappa shape index (κ2) is 11.6. The summed E-state index contributed by atoms with van der Waals surface area (Å²) in [6.07, 6.45) is 10.3. The van der Waals surface area contributed by atoms with Gasteiger partial charge in [-0.15, -0.1) is 0 Å². The van der Waals surface area contributed by atoms with E-state index < -0.39 is 6.04 Å². The zero-order chi connectivity index (χ0) is 25.8. The van der Waals surface area contributed by atoms with E-state index in [1.165, 1.54) is 17.5 Å². The molecule has 7 heteroatoms. The molecule has 2 unspecified atom stereocenters. The summed E-state index contributed by atoms with van der Waals surface area (Å²) >= 11 is 0. The molecular weight excluding hydrogens is 462 g/mol. The summed E-state index contributed by atoms with van der Waals surface area (Å²) in [4.78, 5) is 36.0. The molecule has 2 aromatic rings. The van der Waals surface area contributed by atoms with Gasteiger partial charge in [-0.1, -0.05) is 43.5 Å². The molecule has 7 nitrogen and oxygen atoms in total. The fraction of sp³-hybridized carbons (Fsp3) is 0.567. The number of aromatic nitrogens is 1. The second-order valence-corrected chi connectivity index (χ2v) is 11.0. The van der Waals surface area contributed by atoms with Crippen LogP contribution in [0.5, 0.6) is 0 Å². The molecule has 0 radical (unpaired) electrons. The smallest absolute Gasteiger partial charge is 0.245 e. The van der Waals surface area contributed by atoms with Crippen LogP contribution in [0.25, 0.3) is 0 Å². The zero-order valence-electron chi connectivity index (χ0n) is 22.3. The van der Waals surface area contributed by atoms with E-state index in [0.717, 1.165) is 76.0 Å². The summed E-state index contributed by atoms with van der Waals surface area (Å²) in [5.41, 5.74) is 3.93. The monoisotopic (exact) mass is 503 g/mol. The van der Waals surface area contributed by atoms with Gasteiger partial charge >= 0.3 is 0 Å². The van der Waals surface area contributed by atoms with Gasteiger partial charge in [0.05, 0.1) is 12.1 Å². The van der Waals surface area contributed by atoms with Gasteiger partial charge in [0.25, 0.3) is 0 Å². The highest BCUT2D eigenvalue weighted by Crippen LogP contribution is 2.36. The van der Waals surface area contributed by atoms with Crippen LogP contribution in [0.2, 0.25) is 0 Å². The molecule has 1 saturated carbocycles. The van der Waals surface area contributed by atoms with Crippen molar-refractivity contribution < 1.29 is 9.59 Å². The maximum Gasteiger partial charge on any atom is 0.245 e. The molecule has 1 aliphatic carbocycles. The first kappa shape index (κ1) is 25.7. The van der Waals surface area contributed by atoms with Crippen molar-refractivity contribution in [2.75, 3.05) is 25.0 Å². The van der Waals surface area contributed by atoms with Crippen molar-refractivity contribution in [3.63, 3.8) is 0 Å². The third-order valence-corrected chi connectivity index (χ3v) is 8.66. The normalized spacial score (nSPS) is 21.8. The van der Waals surface area contributed by atoms with Crippen LogP contribution < -0.4 is 15.5 Å². The van der Waals surface area contributed by atoms with E-state index in [-0.39, 0.29) is 29.8 Å². The molecule has 1 aromatic heterocycles. The highest BCUT2D eigenvalue weighted by Gasteiger charge is 2.39. The molecule has 0 bridgehead atoms. The number of hydrogen-bond donors (Lipinski definition) is 2. The lowest BCUT2D eigenvalue weighted by Crippen LogP contribution is -2.55. The first-order valence-corrected chi connectivity index (χ1v) is 14.1. The summed E-state index contributed by atoms with van der Waals surface area (Å²) in [5, 5.41) is 6.16. The Morgan fingerprint density at radius 1 is 1.00 bits per heavy atom. The van der Waals surface area contributed by atoms with E-state index in [4.69, 9.17) is 4.98 Å². The third kappa shape index (κ3) is 5.66. The maximum absolute atomic E-state index is 14.1. The Hall–Kier alpha value is -2.93. The van der Waals surface area contributed by atoms with Gasteiger partial charge in [-0.3, -0.25) is 9.59 Å².